The molecule has 0 aliphatic carbocycles. The van der Waals surface area contributed by atoms with Crippen LogP contribution in [0.25, 0.3) is 5.69 Å². The third-order valence-corrected chi connectivity index (χ3v) is 2.27. The number of carboxylic acid groups (broad SMARTS) is 1. The Kier molecular flexibility index (Phi) is 2.95. The van der Waals surface area contributed by atoms with Gasteiger partial charge in [0.2, 0.25) is 0 Å². The van der Waals surface area contributed by atoms with Crippen molar-refractivity contribution in [2.45, 2.75) is 0 Å². The molecule has 0 atom stereocenters. The van der Waals surface area contributed by atoms with E-state index in [9.17, 15) is 23.7 Å². The normalized spacial score (nSPS) is 10.4. The lowest BCUT2D eigenvalue weighted by atomic mass is 10.2. The predicted octanol–water partition coefficient (Wildman–Crippen LogP) is 1.76. The molecule has 1 heterocycles. The smallest absolute Gasteiger partial charge is 0.338 e. The number of nitrogens with zero attached hydrogens (tertiary/aromatic N) is 3. The highest BCUT2D eigenvalue weighted by Crippen LogP contribution is 2.23. The molecule has 1 aromatic carbocycles. The van der Waals surface area contributed by atoms with Crippen LogP contribution in [0.2, 0.25) is 0 Å². The van der Waals surface area contributed by atoms with Crippen molar-refractivity contribution in [3.63, 3.8) is 0 Å². The van der Waals surface area contributed by atoms with E-state index in [1.54, 1.807) is 0 Å². The van der Waals surface area contributed by atoms with E-state index >= 15 is 0 Å². The first-order valence-corrected chi connectivity index (χ1v) is 4.82. The number of hydrogen-bond donors (Lipinski definition) is 1. The van der Waals surface area contributed by atoms with E-state index in [0.717, 1.165) is 12.4 Å². The Morgan fingerprint density at radius 1 is 1.37 bits per heavy atom. The van der Waals surface area contributed by atoms with Gasteiger partial charge in [0.1, 0.15) is 5.69 Å². The summed E-state index contributed by atoms with van der Waals surface area (Å²) in [5.74, 6) is -3.74. The maximum Gasteiger partial charge on any atom is 0.338 e. The number of rotatable bonds is 3. The molecule has 0 bridgehead atoms. The van der Waals surface area contributed by atoms with Crippen LogP contribution in [0.15, 0.2) is 24.5 Å². The van der Waals surface area contributed by atoms with E-state index in [1.807, 2.05) is 0 Å². The fraction of sp³-hybridized carbons (Fsp3) is 0. The van der Waals surface area contributed by atoms with Gasteiger partial charge in [0.25, 0.3) is 5.69 Å². The molecule has 0 fully saturated rings. The molecule has 0 radical (unpaired) electrons. The standard InChI is InChI=1S/C10H5F2N3O4/c11-7-1-6(15(18)19)2-8(12)9(7)14-4-5(3-13-14)10(16)17/h1-4H,(H,16,17). The summed E-state index contributed by atoms with van der Waals surface area (Å²) in [6.45, 7) is 0. The van der Waals surface area contributed by atoms with Crippen LogP contribution < -0.4 is 0 Å². The van der Waals surface area contributed by atoms with Gasteiger partial charge in [0, 0.05) is 6.20 Å². The van der Waals surface area contributed by atoms with E-state index < -0.39 is 33.9 Å². The molecule has 0 saturated heterocycles. The van der Waals surface area contributed by atoms with Crippen molar-refractivity contribution in [3.05, 3.63) is 51.8 Å². The maximum atomic E-state index is 13.6. The number of hydrogen-bond acceptors (Lipinski definition) is 4. The Balaban J connectivity index is 2.55. The van der Waals surface area contributed by atoms with E-state index in [4.69, 9.17) is 5.11 Å². The van der Waals surface area contributed by atoms with Gasteiger partial charge in [-0.15, -0.1) is 0 Å². The van der Waals surface area contributed by atoms with Gasteiger partial charge in [0.05, 0.1) is 28.8 Å². The number of halogens is 2. The first-order valence-electron chi connectivity index (χ1n) is 4.82. The number of aromatic nitrogens is 2. The van der Waals surface area contributed by atoms with Gasteiger partial charge in [0.15, 0.2) is 11.6 Å². The third-order valence-electron chi connectivity index (χ3n) is 2.27. The molecule has 19 heavy (non-hydrogen) atoms. The number of benzene rings is 1. The van der Waals surface area contributed by atoms with Crippen molar-refractivity contribution < 1.29 is 23.6 Å². The van der Waals surface area contributed by atoms with E-state index in [2.05, 4.69) is 5.10 Å². The zero-order valence-corrected chi connectivity index (χ0v) is 9.08. The second-order valence-electron chi connectivity index (χ2n) is 3.49. The summed E-state index contributed by atoms with van der Waals surface area (Å²) in [5, 5.41) is 22.6. The summed E-state index contributed by atoms with van der Waals surface area (Å²) >= 11 is 0. The topological polar surface area (TPSA) is 98.3 Å². The lowest BCUT2D eigenvalue weighted by molar-refractivity contribution is -0.385. The molecule has 7 nitrogen and oxygen atoms in total. The van der Waals surface area contributed by atoms with Crippen molar-refractivity contribution >= 4 is 11.7 Å². The Labute approximate surface area is 103 Å². The molecule has 0 saturated carbocycles. The van der Waals surface area contributed by atoms with Crippen LogP contribution in [-0.4, -0.2) is 25.8 Å². The maximum absolute atomic E-state index is 13.6. The lowest BCUT2D eigenvalue weighted by Gasteiger charge is -2.04. The Bertz CT molecular complexity index is 660. The molecule has 0 unspecified atom stereocenters. The van der Waals surface area contributed by atoms with Crippen molar-refractivity contribution in [2.75, 3.05) is 0 Å². The van der Waals surface area contributed by atoms with Gasteiger partial charge in [-0.3, -0.25) is 10.1 Å². The molecule has 98 valence electrons. The highest BCUT2D eigenvalue weighted by atomic mass is 19.1. The van der Waals surface area contributed by atoms with Gasteiger partial charge < -0.3 is 5.11 Å². The van der Waals surface area contributed by atoms with E-state index in [0.29, 0.717) is 16.8 Å². The minimum Gasteiger partial charge on any atom is -0.478 e. The lowest BCUT2D eigenvalue weighted by Crippen LogP contribution is -2.04. The van der Waals surface area contributed by atoms with Crippen LogP contribution in [0.1, 0.15) is 10.4 Å². The summed E-state index contributed by atoms with van der Waals surface area (Å²) < 4.78 is 27.9. The van der Waals surface area contributed by atoms with Crippen LogP contribution in [0.4, 0.5) is 14.5 Å². The van der Waals surface area contributed by atoms with Crippen molar-refractivity contribution in [1.29, 1.82) is 0 Å². The molecule has 9 heteroatoms. The zero-order chi connectivity index (χ0) is 14.2. The molecule has 1 N–H and O–H groups in total. The monoisotopic (exact) mass is 269 g/mol. The number of carboxylic acids is 1. The van der Waals surface area contributed by atoms with Gasteiger partial charge in [-0.2, -0.15) is 5.10 Å². The molecule has 0 aliphatic heterocycles. The highest BCUT2D eigenvalue weighted by Gasteiger charge is 2.19. The SMILES string of the molecule is O=C(O)c1cnn(-c2c(F)cc([N+](=O)[O-])cc2F)c1. The van der Waals surface area contributed by atoms with E-state index in [-0.39, 0.29) is 5.56 Å². The Morgan fingerprint density at radius 2 is 1.95 bits per heavy atom. The largest absolute Gasteiger partial charge is 0.478 e. The summed E-state index contributed by atoms with van der Waals surface area (Å²) in [5.41, 5.74) is -1.69. The zero-order valence-electron chi connectivity index (χ0n) is 9.08. The molecular weight excluding hydrogens is 264 g/mol. The molecule has 2 rings (SSSR count). The molecule has 1 aromatic heterocycles. The van der Waals surface area contributed by atoms with E-state index in [1.165, 1.54) is 0 Å². The number of carbonyl (C=O) groups is 1. The average molecular weight is 269 g/mol. The quantitative estimate of drug-likeness (QED) is 0.676. The van der Waals surface area contributed by atoms with Crippen LogP contribution in [-0.2, 0) is 0 Å². The summed E-state index contributed by atoms with van der Waals surface area (Å²) in [6, 6.07) is 1.06. The minimum absolute atomic E-state index is 0.267. The van der Waals surface area contributed by atoms with Crippen LogP contribution in [0, 0.1) is 21.7 Å². The van der Waals surface area contributed by atoms with Crippen LogP contribution in [0.5, 0.6) is 0 Å². The number of nitro groups is 1. The van der Waals surface area contributed by atoms with Gasteiger partial charge in [-0.05, 0) is 0 Å². The van der Waals surface area contributed by atoms with Crippen molar-refractivity contribution in [3.8, 4) is 5.69 Å². The van der Waals surface area contributed by atoms with Crippen LogP contribution in [0.3, 0.4) is 0 Å². The van der Waals surface area contributed by atoms with Crippen LogP contribution >= 0.6 is 0 Å². The number of aromatic carboxylic acids is 1. The minimum atomic E-state index is -1.31. The summed E-state index contributed by atoms with van der Waals surface area (Å²) in [6.07, 6.45) is 1.80. The van der Waals surface area contributed by atoms with Crippen molar-refractivity contribution in [1.82, 2.24) is 9.78 Å². The van der Waals surface area contributed by atoms with Gasteiger partial charge in [-0.25, -0.2) is 18.3 Å². The van der Waals surface area contributed by atoms with Crippen molar-refractivity contribution in [2.24, 2.45) is 0 Å². The fourth-order valence-electron chi connectivity index (χ4n) is 1.43. The second kappa shape index (κ2) is 4.44. The second-order valence-corrected chi connectivity index (χ2v) is 3.49. The average Bonchev–Trinajstić information content (AvgIpc) is 2.77. The van der Waals surface area contributed by atoms with Gasteiger partial charge in [-0.1, -0.05) is 0 Å². The summed E-state index contributed by atoms with van der Waals surface area (Å²) in [7, 11) is 0. The molecule has 0 aliphatic rings. The van der Waals surface area contributed by atoms with Gasteiger partial charge >= 0.3 is 5.97 Å². The highest BCUT2D eigenvalue weighted by molar-refractivity contribution is 5.87. The Morgan fingerprint density at radius 3 is 2.37 bits per heavy atom. The molecular formula is C10H5F2N3O4. The first kappa shape index (κ1) is 12.6. The third kappa shape index (κ3) is 2.25. The Hall–Kier alpha value is -2.84. The first-order chi connectivity index (χ1) is 8.90. The summed E-state index contributed by atoms with van der Waals surface area (Å²) in [4.78, 5) is 20.1. The number of nitro benzene ring substituents is 1. The molecule has 0 amide bonds. The number of non-ortho nitro benzene ring substituents is 1. The predicted molar refractivity (Wildman–Crippen MR) is 57.1 cm³/mol. The molecule has 2 aromatic rings. The fourth-order valence-corrected chi connectivity index (χ4v) is 1.43. The molecule has 0 spiro atoms.